The first-order chi connectivity index (χ1) is 11.6. The van der Waals surface area contributed by atoms with Crippen molar-refractivity contribution in [2.45, 2.75) is 13.1 Å². The average Bonchev–Trinajstić information content (AvgIpc) is 2.93. The molecule has 1 amide bonds. The summed E-state index contributed by atoms with van der Waals surface area (Å²) in [4.78, 5) is 34.7. The van der Waals surface area contributed by atoms with Crippen LogP contribution < -0.4 is 11.0 Å². The van der Waals surface area contributed by atoms with E-state index in [1.807, 2.05) is 42.3 Å². The van der Waals surface area contributed by atoms with E-state index in [9.17, 15) is 9.59 Å². The lowest BCUT2D eigenvalue weighted by Crippen LogP contribution is -2.34. The van der Waals surface area contributed by atoms with Crippen LogP contribution in [0.15, 0.2) is 47.5 Å². The van der Waals surface area contributed by atoms with E-state index in [0.29, 0.717) is 19.6 Å². The van der Waals surface area contributed by atoms with Crippen LogP contribution in [0.25, 0.3) is 11.0 Å². The molecule has 7 heteroatoms. The third-order valence-electron chi connectivity index (χ3n) is 3.66. The van der Waals surface area contributed by atoms with Gasteiger partial charge >= 0.3 is 5.69 Å². The van der Waals surface area contributed by atoms with Crippen molar-refractivity contribution in [3.8, 4) is 0 Å². The Morgan fingerprint density at radius 2 is 2.04 bits per heavy atom. The molecule has 124 valence electrons. The van der Waals surface area contributed by atoms with Crippen molar-refractivity contribution in [2.75, 3.05) is 13.6 Å². The highest BCUT2D eigenvalue weighted by molar-refractivity contribution is 5.78. The number of carbonyl (C=O) groups is 1. The maximum absolute atomic E-state index is 12.1. The fraction of sp³-hybridized carbons (Fsp3) is 0.235. The minimum atomic E-state index is -0.233. The van der Waals surface area contributed by atoms with E-state index in [0.717, 1.165) is 22.2 Å². The van der Waals surface area contributed by atoms with E-state index in [1.165, 1.54) is 0 Å². The number of aromatic amines is 2. The van der Waals surface area contributed by atoms with Gasteiger partial charge in [0, 0.05) is 25.5 Å². The maximum Gasteiger partial charge on any atom is 0.323 e. The fourth-order valence-corrected chi connectivity index (χ4v) is 2.55. The van der Waals surface area contributed by atoms with Gasteiger partial charge in [-0.25, -0.2) is 4.79 Å². The largest absolute Gasteiger partial charge is 0.351 e. The van der Waals surface area contributed by atoms with Crippen LogP contribution in [0, 0.1) is 0 Å². The van der Waals surface area contributed by atoms with Crippen LogP contribution in [-0.2, 0) is 17.9 Å². The molecule has 2 aromatic heterocycles. The maximum atomic E-state index is 12.1. The second-order valence-electron chi connectivity index (χ2n) is 5.77. The molecule has 3 rings (SSSR count). The number of hydrogen-bond donors (Lipinski definition) is 3. The van der Waals surface area contributed by atoms with E-state index in [2.05, 4.69) is 20.3 Å². The smallest absolute Gasteiger partial charge is 0.323 e. The van der Waals surface area contributed by atoms with Gasteiger partial charge in [-0.3, -0.25) is 14.7 Å². The zero-order valence-corrected chi connectivity index (χ0v) is 13.4. The molecular weight excluding hydrogens is 306 g/mol. The highest BCUT2D eigenvalue weighted by Crippen LogP contribution is 2.09. The number of amides is 1. The van der Waals surface area contributed by atoms with Crippen LogP contribution >= 0.6 is 0 Å². The average molecular weight is 325 g/mol. The SMILES string of the molecule is CN(CC(=O)NCc1ccc2[nH]c(=O)[nH]c2c1)Cc1cccnc1. The van der Waals surface area contributed by atoms with Crippen molar-refractivity contribution in [1.82, 2.24) is 25.2 Å². The van der Waals surface area contributed by atoms with Crippen molar-refractivity contribution >= 4 is 16.9 Å². The highest BCUT2D eigenvalue weighted by atomic mass is 16.2. The summed E-state index contributed by atoms with van der Waals surface area (Å²) in [5.41, 5.74) is 3.26. The van der Waals surface area contributed by atoms with Gasteiger partial charge in [0.2, 0.25) is 5.91 Å². The third-order valence-corrected chi connectivity index (χ3v) is 3.66. The fourth-order valence-electron chi connectivity index (χ4n) is 2.55. The van der Waals surface area contributed by atoms with Gasteiger partial charge in [-0.05, 0) is 36.4 Å². The number of nitrogens with one attached hydrogen (secondary N) is 3. The molecule has 7 nitrogen and oxygen atoms in total. The monoisotopic (exact) mass is 325 g/mol. The highest BCUT2D eigenvalue weighted by Gasteiger charge is 2.07. The Bertz CT molecular complexity index is 885. The summed E-state index contributed by atoms with van der Waals surface area (Å²) in [5, 5.41) is 2.89. The Labute approximate surface area is 138 Å². The van der Waals surface area contributed by atoms with Crippen molar-refractivity contribution in [2.24, 2.45) is 0 Å². The Balaban J connectivity index is 1.51. The lowest BCUT2D eigenvalue weighted by atomic mass is 10.2. The standard InChI is InChI=1S/C17H19N5O2/c1-22(10-13-3-2-6-18-8-13)11-16(23)19-9-12-4-5-14-15(7-12)21-17(24)20-14/h2-8H,9-11H2,1H3,(H,19,23)(H2,20,21,24). The van der Waals surface area contributed by atoms with Gasteiger partial charge in [0.05, 0.1) is 17.6 Å². The number of fused-ring (bicyclic) bond motifs is 1. The van der Waals surface area contributed by atoms with Crippen LogP contribution in [0.3, 0.4) is 0 Å². The number of hydrogen-bond acceptors (Lipinski definition) is 4. The van der Waals surface area contributed by atoms with E-state index in [4.69, 9.17) is 0 Å². The molecule has 0 spiro atoms. The molecule has 0 atom stereocenters. The minimum absolute atomic E-state index is 0.0518. The minimum Gasteiger partial charge on any atom is -0.351 e. The summed E-state index contributed by atoms with van der Waals surface area (Å²) in [7, 11) is 1.89. The van der Waals surface area contributed by atoms with Crippen LogP contribution in [0.5, 0.6) is 0 Å². The van der Waals surface area contributed by atoms with Gasteiger partial charge in [0.15, 0.2) is 0 Å². The zero-order chi connectivity index (χ0) is 16.9. The van der Waals surface area contributed by atoms with E-state index in [-0.39, 0.29) is 11.6 Å². The number of aromatic nitrogens is 3. The predicted octanol–water partition coefficient (Wildman–Crippen LogP) is 0.999. The summed E-state index contributed by atoms with van der Waals surface area (Å²) in [6.07, 6.45) is 3.52. The molecule has 2 heterocycles. The lowest BCUT2D eigenvalue weighted by molar-refractivity contribution is -0.122. The molecule has 0 saturated heterocycles. The molecule has 0 saturated carbocycles. The summed E-state index contributed by atoms with van der Waals surface area (Å²) in [6.45, 7) is 1.39. The molecule has 3 N–H and O–H groups in total. The summed E-state index contributed by atoms with van der Waals surface area (Å²) >= 11 is 0. The zero-order valence-electron chi connectivity index (χ0n) is 13.4. The van der Waals surface area contributed by atoms with E-state index < -0.39 is 0 Å². The van der Waals surface area contributed by atoms with Crippen molar-refractivity contribution in [3.63, 3.8) is 0 Å². The van der Waals surface area contributed by atoms with Crippen LogP contribution in [0.4, 0.5) is 0 Å². The first kappa shape index (κ1) is 15.9. The quantitative estimate of drug-likeness (QED) is 0.630. The molecule has 0 aliphatic carbocycles. The number of likely N-dealkylation sites (N-methyl/N-ethyl adjacent to an activating group) is 1. The number of H-pyrrole nitrogens is 2. The Kier molecular flexibility index (Phi) is 4.72. The van der Waals surface area contributed by atoms with Gasteiger partial charge in [-0.1, -0.05) is 12.1 Å². The predicted molar refractivity (Wildman–Crippen MR) is 91.3 cm³/mol. The van der Waals surface area contributed by atoms with Gasteiger partial charge in [0.1, 0.15) is 0 Å². The molecule has 0 radical (unpaired) electrons. The van der Waals surface area contributed by atoms with E-state index >= 15 is 0 Å². The summed E-state index contributed by atoms with van der Waals surface area (Å²) in [6, 6.07) is 9.42. The van der Waals surface area contributed by atoms with Gasteiger partial charge in [-0.15, -0.1) is 0 Å². The first-order valence-electron chi connectivity index (χ1n) is 7.65. The van der Waals surface area contributed by atoms with Crippen molar-refractivity contribution in [3.05, 3.63) is 64.3 Å². The van der Waals surface area contributed by atoms with Crippen LogP contribution in [-0.4, -0.2) is 39.4 Å². The third kappa shape index (κ3) is 4.08. The summed E-state index contributed by atoms with van der Waals surface area (Å²) < 4.78 is 0. The Hall–Kier alpha value is -2.93. The van der Waals surface area contributed by atoms with Crippen LogP contribution in [0.1, 0.15) is 11.1 Å². The second kappa shape index (κ2) is 7.10. The Morgan fingerprint density at radius 1 is 1.21 bits per heavy atom. The van der Waals surface area contributed by atoms with Crippen molar-refractivity contribution < 1.29 is 4.79 Å². The molecule has 24 heavy (non-hydrogen) atoms. The normalized spacial score (nSPS) is 11.1. The van der Waals surface area contributed by atoms with Crippen molar-refractivity contribution in [1.29, 1.82) is 0 Å². The van der Waals surface area contributed by atoms with Gasteiger partial charge in [-0.2, -0.15) is 0 Å². The van der Waals surface area contributed by atoms with Gasteiger partial charge < -0.3 is 15.3 Å². The number of pyridine rings is 1. The first-order valence-corrected chi connectivity index (χ1v) is 7.65. The number of rotatable bonds is 6. The molecular formula is C17H19N5O2. The Morgan fingerprint density at radius 3 is 2.83 bits per heavy atom. The van der Waals surface area contributed by atoms with Crippen LogP contribution in [0.2, 0.25) is 0 Å². The topological polar surface area (TPSA) is 93.9 Å². The molecule has 0 bridgehead atoms. The number of nitrogens with zero attached hydrogens (tertiary/aromatic N) is 2. The molecule has 0 unspecified atom stereocenters. The lowest BCUT2D eigenvalue weighted by Gasteiger charge is -2.16. The van der Waals surface area contributed by atoms with E-state index in [1.54, 1.807) is 12.4 Å². The number of benzene rings is 1. The van der Waals surface area contributed by atoms with Gasteiger partial charge in [0.25, 0.3) is 0 Å². The number of carbonyl (C=O) groups excluding carboxylic acids is 1. The summed E-state index contributed by atoms with van der Waals surface area (Å²) in [5.74, 6) is -0.0518. The molecule has 0 aliphatic heterocycles. The molecule has 0 fully saturated rings. The second-order valence-corrected chi connectivity index (χ2v) is 5.77. The molecule has 1 aromatic carbocycles. The number of imidazole rings is 1. The molecule has 3 aromatic rings. The molecule has 0 aliphatic rings.